The molecule has 0 saturated carbocycles. The van der Waals surface area contributed by atoms with Gasteiger partial charge >= 0.3 is 0 Å². The highest BCUT2D eigenvalue weighted by molar-refractivity contribution is 5.91. The highest BCUT2D eigenvalue weighted by atomic mass is 16.4. The van der Waals surface area contributed by atoms with Gasteiger partial charge in [0, 0.05) is 25.0 Å². The summed E-state index contributed by atoms with van der Waals surface area (Å²) in [6.45, 7) is 5.31. The number of carbonyl (C=O) groups is 1. The van der Waals surface area contributed by atoms with E-state index in [2.05, 4.69) is 22.1 Å². The van der Waals surface area contributed by atoms with Crippen LogP contribution in [0.15, 0.2) is 58.0 Å². The molecule has 0 bridgehead atoms. The average molecular weight is 434 g/mol. The lowest BCUT2D eigenvalue weighted by Crippen LogP contribution is -2.34. The summed E-state index contributed by atoms with van der Waals surface area (Å²) >= 11 is 0. The zero-order valence-corrected chi connectivity index (χ0v) is 18.2. The molecule has 1 N–H and O–H groups in total. The summed E-state index contributed by atoms with van der Waals surface area (Å²) in [6.07, 6.45) is 6.95. The molecular formula is C24H27N5O3. The first-order valence-electron chi connectivity index (χ1n) is 11.2. The number of amides is 1. The van der Waals surface area contributed by atoms with Crippen molar-refractivity contribution in [3.05, 3.63) is 70.7 Å². The fourth-order valence-electron chi connectivity index (χ4n) is 4.52. The number of hydrogen-bond donors (Lipinski definition) is 1. The van der Waals surface area contributed by atoms with Crippen molar-refractivity contribution in [2.24, 2.45) is 0 Å². The van der Waals surface area contributed by atoms with Gasteiger partial charge in [-0.2, -0.15) is 0 Å². The van der Waals surface area contributed by atoms with Crippen LogP contribution in [0.4, 0.5) is 0 Å². The summed E-state index contributed by atoms with van der Waals surface area (Å²) < 4.78 is 9.21. The average Bonchev–Trinajstić information content (AvgIpc) is 3.58. The zero-order chi connectivity index (χ0) is 22.1. The van der Waals surface area contributed by atoms with Crippen molar-refractivity contribution in [2.45, 2.75) is 38.8 Å². The Balaban J connectivity index is 1.30. The van der Waals surface area contributed by atoms with E-state index in [9.17, 15) is 9.59 Å². The lowest BCUT2D eigenvalue weighted by atomic mass is 10.2. The molecule has 1 saturated heterocycles. The van der Waals surface area contributed by atoms with Crippen molar-refractivity contribution in [3.8, 4) is 0 Å². The molecule has 4 aromatic heterocycles. The molecule has 0 aliphatic carbocycles. The molecule has 0 radical (unpaired) electrons. The molecule has 32 heavy (non-hydrogen) atoms. The Bertz CT molecular complexity index is 1310. The Morgan fingerprint density at radius 2 is 1.97 bits per heavy atom. The van der Waals surface area contributed by atoms with Crippen molar-refractivity contribution >= 4 is 22.6 Å². The zero-order valence-electron chi connectivity index (χ0n) is 18.2. The molecule has 8 nitrogen and oxygen atoms in total. The topological polar surface area (TPSA) is 84.8 Å². The minimum absolute atomic E-state index is 0.153. The largest absolute Gasteiger partial charge is 0.454 e. The molecule has 0 aromatic carbocycles. The van der Waals surface area contributed by atoms with E-state index < -0.39 is 0 Å². The number of carbonyl (C=O) groups excluding carboxylic acids is 1. The predicted molar refractivity (Wildman–Crippen MR) is 122 cm³/mol. The van der Waals surface area contributed by atoms with Gasteiger partial charge in [0.25, 0.3) is 11.5 Å². The molecule has 1 amide bonds. The summed E-state index contributed by atoms with van der Waals surface area (Å²) in [5.74, 6) is 0.552. The van der Waals surface area contributed by atoms with Gasteiger partial charge in [0.05, 0.1) is 12.1 Å². The number of hydrogen-bond acceptors (Lipinski definition) is 5. The van der Waals surface area contributed by atoms with Gasteiger partial charge in [-0.05, 0) is 75.7 Å². The second kappa shape index (κ2) is 8.63. The summed E-state index contributed by atoms with van der Waals surface area (Å²) in [5.41, 5.74) is 1.82. The number of aromatic nitrogens is 3. The minimum atomic E-state index is -0.234. The van der Waals surface area contributed by atoms with Crippen LogP contribution in [0.3, 0.4) is 0 Å². The smallest absolute Gasteiger partial charge is 0.286 e. The monoisotopic (exact) mass is 433 g/mol. The molecule has 166 valence electrons. The van der Waals surface area contributed by atoms with Gasteiger partial charge in [-0.25, -0.2) is 4.98 Å². The van der Waals surface area contributed by atoms with Crippen LogP contribution in [0.2, 0.25) is 0 Å². The maximum absolute atomic E-state index is 13.0. The van der Waals surface area contributed by atoms with Gasteiger partial charge in [0.15, 0.2) is 11.4 Å². The van der Waals surface area contributed by atoms with Crippen molar-refractivity contribution in [2.75, 3.05) is 19.6 Å². The SMILES string of the molecule is C[C@@H](CCNC(=O)c1ccc(Cn2c(=O)c3cccn3c3cccnc32)o1)N1CCCC1. The fraction of sp³-hybridized carbons (Fsp3) is 0.375. The number of furan rings is 1. The molecule has 1 aliphatic rings. The van der Waals surface area contributed by atoms with Gasteiger partial charge < -0.3 is 19.0 Å². The van der Waals surface area contributed by atoms with Crippen LogP contribution >= 0.6 is 0 Å². The van der Waals surface area contributed by atoms with E-state index in [1.165, 1.54) is 12.8 Å². The summed E-state index contributed by atoms with van der Waals surface area (Å²) in [4.78, 5) is 32.5. The summed E-state index contributed by atoms with van der Waals surface area (Å²) in [5, 5.41) is 2.95. The van der Waals surface area contributed by atoms with Crippen LogP contribution in [-0.4, -0.2) is 50.4 Å². The lowest BCUT2D eigenvalue weighted by molar-refractivity contribution is 0.0920. The molecule has 4 aromatic rings. The maximum Gasteiger partial charge on any atom is 0.286 e. The number of nitrogens with zero attached hydrogens (tertiary/aromatic N) is 4. The molecule has 1 aliphatic heterocycles. The van der Waals surface area contributed by atoms with E-state index in [0.29, 0.717) is 29.5 Å². The molecule has 1 fully saturated rings. The molecule has 0 spiro atoms. The first kappa shape index (κ1) is 20.5. The van der Waals surface area contributed by atoms with Crippen LogP contribution in [-0.2, 0) is 6.54 Å². The van der Waals surface area contributed by atoms with Crippen LogP contribution in [0.1, 0.15) is 42.5 Å². The highest BCUT2D eigenvalue weighted by Crippen LogP contribution is 2.16. The first-order chi connectivity index (χ1) is 15.6. The molecule has 5 heterocycles. The first-order valence-corrected chi connectivity index (χ1v) is 11.2. The third kappa shape index (κ3) is 3.82. The standard InChI is InChI=1S/C24H27N5O3/c1-17(27-13-2-3-14-27)10-12-26-23(30)21-9-8-18(32-21)16-29-22-19(6-4-11-25-22)28-15-5-7-20(28)24(29)31/h4-9,11,15,17H,2-3,10,12-14,16H2,1H3,(H,26,30)/t17-/m0/s1. The summed E-state index contributed by atoms with van der Waals surface area (Å²) in [6, 6.07) is 11.3. The third-order valence-electron chi connectivity index (χ3n) is 6.31. The van der Waals surface area contributed by atoms with E-state index in [1.807, 2.05) is 28.8 Å². The summed E-state index contributed by atoms with van der Waals surface area (Å²) in [7, 11) is 0. The molecule has 1 atom stereocenters. The van der Waals surface area contributed by atoms with Gasteiger partial charge in [-0.15, -0.1) is 0 Å². The predicted octanol–water partition coefficient (Wildman–Crippen LogP) is 2.89. The Morgan fingerprint density at radius 1 is 1.16 bits per heavy atom. The Labute approximate surface area is 185 Å². The number of likely N-dealkylation sites (tertiary alicyclic amines) is 1. The number of pyridine rings is 1. The van der Waals surface area contributed by atoms with E-state index in [-0.39, 0.29) is 23.8 Å². The Hall–Kier alpha value is -3.39. The highest BCUT2D eigenvalue weighted by Gasteiger charge is 2.19. The van der Waals surface area contributed by atoms with Crippen LogP contribution in [0.5, 0.6) is 0 Å². The van der Waals surface area contributed by atoms with Gasteiger partial charge in [-0.1, -0.05) is 0 Å². The van der Waals surface area contributed by atoms with Crippen molar-refractivity contribution < 1.29 is 9.21 Å². The van der Waals surface area contributed by atoms with Gasteiger partial charge in [0.2, 0.25) is 0 Å². The quantitative estimate of drug-likeness (QED) is 0.484. The maximum atomic E-state index is 13.0. The number of rotatable bonds is 7. The molecule has 5 rings (SSSR count). The number of fused-ring (bicyclic) bond motifs is 3. The van der Waals surface area contributed by atoms with E-state index >= 15 is 0 Å². The van der Waals surface area contributed by atoms with E-state index in [1.54, 1.807) is 29.0 Å². The van der Waals surface area contributed by atoms with Crippen LogP contribution in [0, 0.1) is 0 Å². The minimum Gasteiger partial charge on any atom is -0.454 e. The number of nitrogens with one attached hydrogen (secondary N) is 1. The van der Waals surface area contributed by atoms with Crippen molar-refractivity contribution in [1.29, 1.82) is 0 Å². The fourth-order valence-corrected chi connectivity index (χ4v) is 4.52. The second-order valence-corrected chi connectivity index (χ2v) is 8.40. The molecule has 8 heteroatoms. The second-order valence-electron chi connectivity index (χ2n) is 8.40. The molecular weight excluding hydrogens is 406 g/mol. The third-order valence-corrected chi connectivity index (χ3v) is 6.31. The normalized spacial score (nSPS) is 15.5. The van der Waals surface area contributed by atoms with Crippen LogP contribution in [0.25, 0.3) is 16.7 Å². The van der Waals surface area contributed by atoms with Crippen molar-refractivity contribution in [1.82, 2.24) is 24.2 Å². The Morgan fingerprint density at radius 3 is 2.81 bits per heavy atom. The Kier molecular flexibility index (Phi) is 5.53. The van der Waals surface area contributed by atoms with Gasteiger partial charge in [0.1, 0.15) is 11.3 Å². The van der Waals surface area contributed by atoms with Crippen molar-refractivity contribution in [3.63, 3.8) is 0 Å². The van der Waals surface area contributed by atoms with E-state index in [0.717, 1.165) is 25.0 Å². The lowest BCUT2D eigenvalue weighted by Gasteiger charge is -2.23. The van der Waals surface area contributed by atoms with Gasteiger partial charge in [-0.3, -0.25) is 14.2 Å². The molecule has 0 unspecified atom stereocenters. The van der Waals surface area contributed by atoms with E-state index in [4.69, 9.17) is 4.42 Å². The van der Waals surface area contributed by atoms with Crippen LogP contribution < -0.4 is 10.9 Å².